The molecule has 1 aliphatic rings. The second-order valence-corrected chi connectivity index (χ2v) is 5.72. The van der Waals surface area contributed by atoms with E-state index >= 15 is 0 Å². The normalized spacial score (nSPS) is 13.7. The first kappa shape index (κ1) is 22.1. The Labute approximate surface area is 160 Å². The predicted octanol–water partition coefficient (Wildman–Crippen LogP) is 3.86. The molecule has 0 spiro atoms. The van der Waals surface area contributed by atoms with E-state index in [4.69, 9.17) is 9.90 Å². The Kier molecular flexibility index (Phi) is 6.80. The highest BCUT2D eigenvalue weighted by molar-refractivity contribution is 5.73. The van der Waals surface area contributed by atoms with Crippen molar-refractivity contribution in [1.29, 1.82) is 0 Å². The van der Waals surface area contributed by atoms with Crippen molar-refractivity contribution in [1.82, 2.24) is 15.3 Å². The van der Waals surface area contributed by atoms with Crippen LogP contribution in [0.1, 0.15) is 11.4 Å². The van der Waals surface area contributed by atoms with Gasteiger partial charge < -0.3 is 15.7 Å². The zero-order valence-corrected chi connectivity index (χ0v) is 14.5. The van der Waals surface area contributed by atoms with Gasteiger partial charge in [-0.3, -0.25) is 0 Å². The SMILES string of the molecule is FC(F)(F)c1nccc(Nc2ccc(C=C3CNC3)cc2)n1.O=C(O)C(F)(F)F. The van der Waals surface area contributed by atoms with Crippen LogP contribution < -0.4 is 10.6 Å². The molecular weight excluding hydrogens is 406 g/mol. The van der Waals surface area contributed by atoms with Crippen LogP contribution in [-0.4, -0.2) is 40.3 Å². The van der Waals surface area contributed by atoms with Gasteiger partial charge in [-0.1, -0.05) is 18.2 Å². The minimum Gasteiger partial charge on any atom is -0.475 e. The van der Waals surface area contributed by atoms with Crippen LogP contribution in [0, 0.1) is 0 Å². The number of rotatable bonds is 3. The monoisotopic (exact) mass is 420 g/mol. The summed E-state index contributed by atoms with van der Waals surface area (Å²) in [4.78, 5) is 15.6. The summed E-state index contributed by atoms with van der Waals surface area (Å²) in [5, 5.41) is 13.1. The number of alkyl halides is 6. The molecule has 12 heteroatoms. The number of benzene rings is 1. The predicted molar refractivity (Wildman–Crippen MR) is 91.3 cm³/mol. The maximum atomic E-state index is 12.6. The number of carbonyl (C=O) groups is 1. The van der Waals surface area contributed by atoms with Gasteiger partial charge in [0.15, 0.2) is 0 Å². The van der Waals surface area contributed by atoms with Crippen molar-refractivity contribution in [2.45, 2.75) is 12.4 Å². The molecule has 2 aromatic rings. The fourth-order valence-corrected chi connectivity index (χ4v) is 1.98. The number of hydrogen-bond acceptors (Lipinski definition) is 5. The topological polar surface area (TPSA) is 87.1 Å². The summed E-state index contributed by atoms with van der Waals surface area (Å²) in [5.41, 5.74) is 3.05. The van der Waals surface area contributed by atoms with Crippen LogP contribution in [0.3, 0.4) is 0 Å². The molecular formula is C17H14F6N4O2. The van der Waals surface area contributed by atoms with Crippen molar-refractivity contribution < 1.29 is 36.2 Å². The van der Waals surface area contributed by atoms with Crippen molar-refractivity contribution in [3.05, 3.63) is 53.5 Å². The summed E-state index contributed by atoms with van der Waals surface area (Å²) in [6, 6.07) is 8.80. The number of nitrogens with zero attached hydrogens (tertiary/aromatic N) is 2. The molecule has 0 atom stereocenters. The zero-order valence-electron chi connectivity index (χ0n) is 14.5. The summed E-state index contributed by atoms with van der Waals surface area (Å²) in [6.45, 7) is 1.81. The van der Waals surface area contributed by atoms with E-state index in [1.165, 1.54) is 11.6 Å². The molecule has 0 amide bonds. The van der Waals surface area contributed by atoms with Gasteiger partial charge in [0.2, 0.25) is 5.82 Å². The molecule has 3 rings (SSSR count). The summed E-state index contributed by atoms with van der Waals surface area (Å²) in [7, 11) is 0. The number of nitrogens with one attached hydrogen (secondary N) is 2. The maximum Gasteiger partial charge on any atom is 0.490 e. The molecule has 1 fully saturated rings. The lowest BCUT2D eigenvalue weighted by Crippen LogP contribution is -2.33. The van der Waals surface area contributed by atoms with Gasteiger partial charge in [0.25, 0.3) is 0 Å². The molecule has 0 unspecified atom stereocenters. The number of carboxylic acid groups (broad SMARTS) is 1. The minimum atomic E-state index is -5.08. The lowest BCUT2D eigenvalue weighted by Gasteiger charge is -2.18. The fourth-order valence-electron chi connectivity index (χ4n) is 1.98. The molecule has 3 N–H and O–H groups in total. The van der Waals surface area contributed by atoms with E-state index in [2.05, 4.69) is 26.7 Å². The zero-order chi connectivity index (χ0) is 21.7. The summed E-state index contributed by atoms with van der Waals surface area (Å²) in [6.07, 6.45) is -6.46. The molecule has 1 aromatic heterocycles. The molecule has 0 radical (unpaired) electrons. The fraction of sp³-hybridized carbons (Fsp3) is 0.235. The third-order valence-corrected chi connectivity index (χ3v) is 3.41. The number of aromatic nitrogens is 2. The van der Waals surface area contributed by atoms with E-state index in [0.29, 0.717) is 5.69 Å². The molecule has 6 nitrogen and oxygen atoms in total. The van der Waals surface area contributed by atoms with Crippen LogP contribution >= 0.6 is 0 Å². The second kappa shape index (κ2) is 8.90. The summed E-state index contributed by atoms with van der Waals surface area (Å²) in [5.74, 6) is -3.81. The first-order valence-corrected chi connectivity index (χ1v) is 7.93. The molecule has 156 valence electrons. The number of halogens is 6. The Morgan fingerprint density at radius 3 is 2.10 bits per heavy atom. The van der Waals surface area contributed by atoms with Crippen LogP contribution in [0.15, 0.2) is 42.1 Å². The van der Waals surface area contributed by atoms with Crippen LogP contribution in [0.5, 0.6) is 0 Å². The van der Waals surface area contributed by atoms with Crippen LogP contribution in [0.4, 0.5) is 37.8 Å². The van der Waals surface area contributed by atoms with E-state index in [0.717, 1.165) is 24.8 Å². The van der Waals surface area contributed by atoms with Crippen molar-refractivity contribution >= 4 is 23.6 Å². The van der Waals surface area contributed by atoms with Gasteiger partial charge in [-0.25, -0.2) is 14.8 Å². The number of hydrogen-bond donors (Lipinski definition) is 3. The van der Waals surface area contributed by atoms with E-state index < -0.39 is 24.1 Å². The van der Waals surface area contributed by atoms with Crippen molar-refractivity contribution in [2.75, 3.05) is 18.4 Å². The Morgan fingerprint density at radius 1 is 1.07 bits per heavy atom. The average molecular weight is 420 g/mol. The Balaban J connectivity index is 0.000000370. The second-order valence-electron chi connectivity index (χ2n) is 5.72. The lowest BCUT2D eigenvalue weighted by molar-refractivity contribution is -0.192. The van der Waals surface area contributed by atoms with Gasteiger partial charge in [-0.2, -0.15) is 26.3 Å². The van der Waals surface area contributed by atoms with Gasteiger partial charge in [0.05, 0.1) is 0 Å². The molecule has 0 aliphatic carbocycles. The van der Waals surface area contributed by atoms with E-state index in [1.54, 1.807) is 12.1 Å². The smallest absolute Gasteiger partial charge is 0.475 e. The van der Waals surface area contributed by atoms with E-state index in [9.17, 15) is 26.3 Å². The van der Waals surface area contributed by atoms with Crippen molar-refractivity contribution in [2.24, 2.45) is 0 Å². The van der Waals surface area contributed by atoms with Crippen LogP contribution in [-0.2, 0) is 11.0 Å². The third-order valence-electron chi connectivity index (χ3n) is 3.41. The Bertz CT molecular complexity index is 873. The molecule has 1 aliphatic heterocycles. The largest absolute Gasteiger partial charge is 0.490 e. The highest BCUT2D eigenvalue weighted by atomic mass is 19.4. The first-order valence-electron chi connectivity index (χ1n) is 7.93. The maximum absolute atomic E-state index is 12.6. The van der Waals surface area contributed by atoms with Gasteiger partial charge in [-0.15, -0.1) is 0 Å². The third kappa shape index (κ3) is 7.07. The molecule has 0 bridgehead atoms. The minimum absolute atomic E-state index is 0.108. The van der Waals surface area contributed by atoms with Crippen LogP contribution in [0.25, 0.3) is 6.08 Å². The van der Waals surface area contributed by atoms with Crippen LogP contribution in [0.2, 0.25) is 0 Å². The Morgan fingerprint density at radius 2 is 1.66 bits per heavy atom. The summed E-state index contributed by atoms with van der Waals surface area (Å²) >= 11 is 0. The lowest BCUT2D eigenvalue weighted by atomic mass is 10.1. The molecule has 2 heterocycles. The number of aliphatic carboxylic acids is 1. The molecule has 29 heavy (non-hydrogen) atoms. The van der Waals surface area contributed by atoms with Gasteiger partial charge in [-0.05, 0) is 29.3 Å². The average Bonchev–Trinajstić information content (AvgIpc) is 2.59. The van der Waals surface area contributed by atoms with Gasteiger partial charge in [0, 0.05) is 25.0 Å². The van der Waals surface area contributed by atoms with Crippen molar-refractivity contribution in [3.63, 3.8) is 0 Å². The van der Waals surface area contributed by atoms with Crippen molar-refractivity contribution in [3.8, 4) is 0 Å². The summed E-state index contributed by atoms with van der Waals surface area (Å²) < 4.78 is 69.4. The van der Waals surface area contributed by atoms with E-state index in [1.807, 2.05) is 12.1 Å². The molecule has 0 saturated carbocycles. The number of carboxylic acids is 1. The number of anilines is 2. The van der Waals surface area contributed by atoms with E-state index in [-0.39, 0.29) is 5.82 Å². The molecule has 1 saturated heterocycles. The van der Waals surface area contributed by atoms with Gasteiger partial charge in [0.1, 0.15) is 5.82 Å². The van der Waals surface area contributed by atoms with Gasteiger partial charge >= 0.3 is 18.3 Å². The molecule has 1 aromatic carbocycles. The Hall–Kier alpha value is -3.15. The highest BCUT2D eigenvalue weighted by Crippen LogP contribution is 2.27. The quantitative estimate of drug-likeness (QED) is 0.654. The highest BCUT2D eigenvalue weighted by Gasteiger charge is 2.38. The standard InChI is InChI=1S/C15H13F3N4.C2HF3O2/c16-15(17,18)14-20-6-5-13(22-14)21-12-3-1-10(2-4-12)7-11-8-19-9-11;3-2(4,5)1(6)7/h1-7,19H,8-9H2,(H,20,21,22);(H,6,7). The first-order chi connectivity index (χ1) is 13.4.